The lowest BCUT2D eigenvalue weighted by molar-refractivity contribution is -0.0440. The van der Waals surface area contributed by atoms with Crippen LogP contribution in [0.2, 0.25) is 5.02 Å². The van der Waals surface area contributed by atoms with Crippen molar-refractivity contribution < 1.29 is 13.2 Å². The molecule has 152 valence electrons. The molecule has 8 heteroatoms. The quantitative estimate of drug-likeness (QED) is 0.567. The number of hydrogen-bond donors (Lipinski definition) is 0. The van der Waals surface area contributed by atoms with Gasteiger partial charge in [-0.2, -0.15) is 4.31 Å². The molecule has 0 unspecified atom stereocenters. The van der Waals surface area contributed by atoms with E-state index in [1.807, 2.05) is 49.6 Å². The first kappa shape index (κ1) is 20.5. The summed E-state index contributed by atoms with van der Waals surface area (Å²) in [6.07, 6.45) is -0.255. The van der Waals surface area contributed by atoms with Gasteiger partial charge in [-0.05, 0) is 38.1 Å². The van der Waals surface area contributed by atoms with Crippen molar-refractivity contribution in [3.8, 4) is 21.8 Å². The predicted octanol–water partition coefficient (Wildman–Crippen LogP) is 4.93. The summed E-state index contributed by atoms with van der Waals surface area (Å²) in [5, 5.41) is 3.48. The molecule has 0 spiro atoms. The molecule has 0 amide bonds. The van der Waals surface area contributed by atoms with Gasteiger partial charge in [0.25, 0.3) is 0 Å². The van der Waals surface area contributed by atoms with Crippen molar-refractivity contribution in [2.45, 2.75) is 31.0 Å². The molecule has 4 rings (SSSR count). The molecule has 2 atom stereocenters. The maximum absolute atomic E-state index is 13.2. The highest BCUT2D eigenvalue weighted by Crippen LogP contribution is 2.31. The molecule has 1 saturated heterocycles. The molecule has 0 radical (unpaired) electrons. The molecular formula is C21H21ClN2O3S2. The zero-order chi connectivity index (χ0) is 20.6. The first-order valence-electron chi connectivity index (χ1n) is 9.30. The summed E-state index contributed by atoms with van der Waals surface area (Å²) in [7, 11) is -3.59. The van der Waals surface area contributed by atoms with Crippen LogP contribution in [0.1, 0.15) is 13.8 Å². The predicted molar refractivity (Wildman–Crippen MR) is 117 cm³/mol. The van der Waals surface area contributed by atoms with E-state index in [0.717, 1.165) is 21.8 Å². The first-order valence-corrected chi connectivity index (χ1v) is 12.0. The van der Waals surface area contributed by atoms with Gasteiger partial charge in [0.1, 0.15) is 5.01 Å². The van der Waals surface area contributed by atoms with E-state index < -0.39 is 10.0 Å². The summed E-state index contributed by atoms with van der Waals surface area (Å²) >= 11 is 7.47. The van der Waals surface area contributed by atoms with Crippen molar-refractivity contribution in [2.24, 2.45) is 0 Å². The maximum Gasteiger partial charge on any atom is 0.243 e. The second kappa shape index (κ2) is 8.16. The number of hydrogen-bond acceptors (Lipinski definition) is 5. The minimum atomic E-state index is -3.59. The van der Waals surface area contributed by atoms with E-state index in [4.69, 9.17) is 16.3 Å². The van der Waals surface area contributed by atoms with Crippen molar-refractivity contribution in [3.05, 3.63) is 58.9 Å². The number of aromatic nitrogens is 1. The highest BCUT2D eigenvalue weighted by molar-refractivity contribution is 7.89. The SMILES string of the molecule is C[C@H]1CN(S(=O)(=O)c2cccc(-c3csc(-c4ccc(Cl)cc4)n3)c2)C[C@H](C)O1. The Kier molecular flexibility index (Phi) is 5.77. The second-order valence-corrected chi connectivity index (χ2v) is 10.4. The average molecular weight is 449 g/mol. The minimum Gasteiger partial charge on any atom is -0.373 e. The molecule has 0 bridgehead atoms. The van der Waals surface area contributed by atoms with Crippen LogP contribution in [-0.2, 0) is 14.8 Å². The van der Waals surface area contributed by atoms with Crippen LogP contribution in [0, 0.1) is 0 Å². The molecule has 29 heavy (non-hydrogen) atoms. The number of nitrogens with zero attached hydrogens (tertiary/aromatic N) is 2. The Morgan fingerprint density at radius 3 is 2.45 bits per heavy atom. The molecule has 2 heterocycles. The summed E-state index contributed by atoms with van der Waals surface area (Å²) in [4.78, 5) is 4.96. The van der Waals surface area contributed by atoms with Gasteiger partial charge in [-0.1, -0.05) is 35.9 Å². The van der Waals surface area contributed by atoms with Gasteiger partial charge in [0.15, 0.2) is 0 Å². The minimum absolute atomic E-state index is 0.128. The largest absolute Gasteiger partial charge is 0.373 e. The van der Waals surface area contributed by atoms with Gasteiger partial charge in [-0.15, -0.1) is 11.3 Å². The summed E-state index contributed by atoms with van der Waals surface area (Å²) in [5.74, 6) is 0. The molecule has 1 fully saturated rings. The normalized spacial score (nSPS) is 20.7. The van der Waals surface area contributed by atoms with Crippen LogP contribution in [0.5, 0.6) is 0 Å². The van der Waals surface area contributed by atoms with Gasteiger partial charge in [-0.25, -0.2) is 13.4 Å². The van der Waals surface area contributed by atoms with Gasteiger partial charge >= 0.3 is 0 Å². The second-order valence-electron chi connectivity index (χ2n) is 7.15. The van der Waals surface area contributed by atoms with Crippen molar-refractivity contribution in [1.29, 1.82) is 0 Å². The van der Waals surface area contributed by atoms with Gasteiger partial charge in [-0.3, -0.25) is 0 Å². The number of thiazole rings is 1. The highest BCUT2D eigenvalue weighted by atomic mass is 35.5. The topological polar surface area (TPSA) is 59.5 Å². The van der Waals surface area contributed by atoms with Crippen LogP contribution >= 0.6 is 22.9 Å². The fraction of sp³-hybridized carbons (Fsp3) is 0.286. The maximum atomic E-state index is 13.2. The van der Waals surface area contributed by atoms with Gasteiger partial charge in [0, 0.05) is 34.6 Å². The monoisotopic (exact) mass is 448 g/mol. The Hall–Kier alpha value is -1.77. The van der Waals surface area contributed by atoms with Crippen molar-refractivity contribution in [2.75, 3.05) is 13.1 Å². The molecule has 1 aliphatic heterocycles. The van der Waals surface area contributed by atoms with Gasteiger partial charge in [0.05, 0.1) is 22.8 Å². The molecule has 0 saturated carbocycles. The van der Waals surface area contributed by atoms with Crippen molar-refractivity contribution >= 4 is 33.0 Å². The van der Waals surface area contributed by atoms with E-state index >= 15 is 0 Å². The number of sulfonamides is 1. The lowest BCUT2D eigenvalue weighted by Crippen LogP contribution is -2.48. The number of ether oxygens (including phenoxy) is 1. The highest BCUT2D eigenvalue weighted by Gasteiger charge is 2.32. The third-order valence-corrected chi connectivity index (χ3v) is 7.72. The zero-order valence-corrected chi connectivity index (χ0v) is 18.5. The molecule has 0 aliphatic carbocycles. The molecule has 5 nitrogen and oxygen atoms in total. The van der Waals surface area contributed by atoms with Crippen LogP contribution in [0.15, 0.2) is 58.8 Å². The molecule has 0 N–H and O–H groups in total. The van der Waals surface area contributed by atoms with Crippen molar-refractivity contribution in [1.82, 2.24) is 9.29 Å². The van der Waals surface area contributed by atoms with Gasteiger partial charge in [0.2, 0.25) is 10.0 Å². The van der Waals surface area contributed by atoms with Crippen LogP contribution in [0.3, 0.4) is 0 Å². The Labute approximate surface area is 180 Å². The van der Waals surface area contributed by atoms with E-state index in [-0.39, 0.29) is 17.1 Å². The summed E-state index contributed by atoms with van der Waals surface area (Å²) in [6.45, 7) is 4.49. The van der Waals surface area contributed by atoms with Crippen LogP contribution in [-0.4, -0.2) is 43.0 Å². The van der Waals surface area contributed by atoms with E-state index in [0.29, 0.717) is 18.1 Å². The summed E-state index contributed by atoms with van der Waals surface area (Å²) < 4.78 is 33.5. The fourth-order valence-electron chi connectivity index (χ4n) is 3.42. The van der Waals surface area contributed by atoms with E-state index in [1.165, 1.54) is 15.6 Å². The van der Waals surface area contributed by atoms with E-state index in [9.17, 15) is 8.42 Å². The standard InChI is InChI=1S/C21H21ClN2O3S2/c1-14-11-24(12-15(2)27-14)29(25,26)19-5-3-4-17(10-19)20-13-28-21(23-20)16-6-8-18(22)9-7-16/h3-10,13-15H,11-12H2,1-2H3/t14-,15-/m0/s1. The number of halogens is 1. The third kappa shape index (κ3) is 4.39. The lowest BCUT2D eigenvalue weighted by Gasteiger charge is -2.34. The van der Waals surface area contributed by atoms with Gasteiger partial charge < -0.3 is 4.74 Å². The first-order chi connectivity index (χ1) is 13.8. The zero-order valence-electron chi connectivity index (χ0n) is 16.1. The van der Waals surface area contributed by atoms with Crippen LogP contribution in [0.4, 0.5) is 0 Å². The fourth-order valence-corrected chi connectivity index (χ4v) is 6.02. The number of rotatable bonds is 4. The Balaban J connectivity index is 1.63. The average Bonchev–Trinajstić information content (AvgIpc) is 3.18. The molecule has 1 aromatic heterocycles. The number of morpholine rings is 1. The lowest BCUT2D eigenvalue weighted by atomic mass is 10.2. The number of benzene rings is 2. The summed E-state index contributed by atoms with van der Waals surface area (Å²) in [5.41, 5.74) is 2.50. The molecule has 1 aliphatic rings. The van der Waals surface area contributed by atoms with Crippen LogP contribution in [0.25, 0.3) is 21.8 Å². The summed E-state index contributed by atoms with van der Waals surface area (Å²) in [6, 6.07) is 14.5. The third-order valence-electron chi connectivity index (χ3n) is 4.75. The van der Waals surface area contributed by atoms with Crippen molar-refractivity contribution in [3.63, 3.8) is 0 Å². The van der Waals surface area contributed by atoms with E-state index in [2.05, 4.69) is 4.98 Å². The van der Waals surface area contributed by atoms with Crippen LogP contribution < -0.4 is 0 Å². The Morgan fingerprint density at radius 1 is 1.07 bits per heavy atom. The Morgan fingerprint density at radius 2 is 1.76 bits per heavy atom. The molecule has 3 aromatic rings. The smallest absolute Gasteiger partial charge is 0.243 e. The molecule has 2 aromatic carbocycles. The van der Waals surface area contributed by atoms with E-state index in [1.54, 1.807) is 18.2 Å². The Bertz CT molecular complexity index is 1100. The molecular weight excluding hydrogens is 428 g/mol.